The largest absolute Gasteiger partial charge is 0.368 e. The van der Waals surface area contributed by atoms with Crippen LogP contribution in [0.25, 0.3) is 16.5 Å². The van der Waals surface area contributed by atoms with Crippen molar-refractivity contribution in [1.29, 1.82) is 0 Å². The Morgan fingerprint density at radius 3 is 2.88 bits per heavy atom. The molecule has 4 nitrogen and oxygen atoms in total. The molecule has 0 saturated heterocycles. The number of aromatic nitrogens is 3. The third kappa shape index (κ3) is 4.09. The second-order valence-corrected chi connectivity index (χ2v) is 6.14. The maximum absolute atomic E-state index is 4.58. The van der Waals surface area contributed by atoms with Gasteiger partial charge in [0.25, 0.3) is 0 Å². The van der Waals surface area contributed by atoms with Gasteiger partial charge in [-0.15, -0.1) is 0 Å². The molecule has 2 aromatic heterocycles. The second kappa shape index (κ2) is 8.30. The molecule has 2 N–H and O–H groups in total. The molecule has 132 valence electrons. The van der Waals surface area contributed by atoms with Gasteiger partial charge >= 0.3 is 0 Å². The molecule has 0 bridgehead atoms. The molecule has 0 amide bonds. The van der Waals surface area contributed by atoms with Crippen molar-refractivity contribution in [3.05, 3.63) is 90.9 Å². The highest BCUT2D eigenvalue weighted by molar-refractivity contribution is 5.81. The number of benzene rings is 1. The Morgan fingerprint density at radius 2 is 2.15 bits per heavy atom. The van der Waals surface area contributed by atoms with Crippen LogP contribution in [0.2, 0.25) is 0 Å². The van der Waals surface area contributed by atoms with E-state index in [4.69, 9.17) is 0 Å². The normalized spacial score (nSPS) is 13.2. The van der Waals surface area contributed by atoms with Crippen molar-refractivity contribution in [2.24, 2.45) is 0 Å². The maximum atomic E-state index is 4.58. The molecule has 2 heterocycles. The summed E-state index contributed by atoms with van der Waals surface area (Å²) < 4.78 is 0. The van der Waals surface area contributed by atoms with E-state index in [1.54, 1.807) is 12.4 Å². The third-order valence-corrected chi connectivity index (χ3v) is 4.32. The van der Waals surface area contributed by atoms with Gasteiger partial charge in [0.1, 0.15) is 5.82 Å². The first-order chi connectivity index (χ1) is 12.7. The number of hydrogen-bond acceptors (Lipinski definition) is 3. The van der Waals surface area contributed by atoms with Gasteiger partial charge in [0.2, 0.25) is 0 Å². The lowest BCUT2D eigenvalue weighted by Crippen LogP contribution is -1.99. The van der Waals surface area contributed by atoms with Crippen LogP contribution < -0.4 is 5.32 Å². The van der Waals surface area contributed by atoms with Gasteiger partial charge in [-0.1, -0.05) is 37.8 Å². The molecular formula is C22H24N4. The Bertz CT molecular complexity index is 916. The van der Waals surface area contributed by atoms with E-state index in [2.05, 4.69) is 70.2 Å². The van der Waals surface area contributed by atoms with Gasteiger partial charge in [-0.2, -0.15) is 0 Å². The Hall–Kier alpha value is -3.14. The quantitative estimate of drug-likeness (QED) is 0.587. The number of para-hydroxylation sites is 1. The van der Waals surface area contributed by atoms with Gasteiger partial charge in [-0.05, 0) is 54.8 Å². The molecule has 1 aromatic carbocycles. The molecule has 4 heteroatoms. The number of rotatable bonds is 7. The molecule has 0 aliphatic rings. The molecule has 0 aliphatic heterocycles. The van der Waals surface area contributed by atoms with E-state index in [0.717, 1.165) is 29.0 Å². The lowest BCUT2D eigenvalue weighted by atomic mass is 9.97. The van der Waals surface area contributed by atoms with E-state index < -0.39 is 0 Å². The van der Waals surface area contributed by atoms with Gasteiger partial charge < -0.3 is 10.3 Å². The smallest absolute Gasteiger partial charge is 0.125 e. The molecule has 3 rings (SSSR count). The van der Waals surface area contributed by atoms with Crippen molar-refractivity contribution in [3.8, 4) is 0 Å². The zero-order valence-corrected chi connectivity index (χ0v) is 15.2. The molecule has 0 spiro atoms. The van der Waals surface area contributed by atoms with Gasteiger partial charge in [0, 0.05) is 29.5 Å². The predicted molar refractivity (Wildman–Crippen MR) is 109 cm³/mol. The Kier molecular flexibility index (Phi) is 5.64. The van der Waals surface area contributed by atoms with Gasteiger partial charge in [-0.3, -0.25) is 0 Å². The number of nitrogens with zero attached hydrogens (tertiary/aromatic N) is 2. The van der Waals surface area contributed by atoms with Crippen LogP contribution in [0.4, 0.5) is 0 Å². The summed E-state index contributed by atoms with van der Waals surface area (Å²) >= 11 is 0. The van der Waals surface area contributed by atoms with E-state index in [-0.39, 0.29) is 5.92 Å². The Morgan fingerprint density at radius 1 is 1.31 bits per heavy atom. The summed E-state index contributed by atoms with van der Waals surface area (Å²) in [4.78, 5) is 12.3. The summed E-state index contributed by atoms with van der Waals surface area (Å²) in [7, 11) is 0. The number of fused-ring (bicyclic) bond motifs is 1. The number of H-pyrrole nitrogens is 1. The fourth-order valence-electron chi connectivity index (χ4n) is 2.99. The Balaban J connectivity index is 2.01. The van der Waals surface area contributed by atoms with Crippen LogP contribution in [0.5, 0.6) is 0 Å². The molecule has 0 fully saturated rings. The highest BCUT2D eigenvalue weighted by Gasteiger charge is 2.12. The SMILES string of the molecule is C=CN/C=C\C(=C/C(CC)c1cc2ccccc2[nH]1)c1ccnc(C)n1. The number of allylic oxidation sites excluding steroid dienone is 3. The summed E-state index contributed by atoms with van der Waals surface area (Å²) in [6.45, 7) is 7.78. The van der Waals surface area contributed by atoms with Crippen molar-refractivity contribution < 1.29 is 0 Å². The van der Waals surface area contributed by atoms with Crippen molar-refractivity contribution in [2.75, 3.05) is 0 Å². The highest BCUT2D eigenvalue weighted by Crippen LogP contribution is 2.28. The zero-order valence-electron chi connectivity index (χ0n) is 15.2. The standard InChI is InChI=1S/C22H24N4/c1-4-17(22-15-18-8-6-7-9-20(18)26-22)14-19(10-12-23-5-2)21-11-13-24-16(3)25-21/h5-15,17,23,26H,2,4H2,1,3H3/b12-10-,19-14+. The molecule has 0 radical (unpaired) electrons. The summed E-state index contributed by atoms with van der Waals surface area (Å²) in [6.07, 6.45) is 10.6. The number of hydrogen-bond donors (Lipinski definition) is 2. The fourth-order valence-corrected chi connectivity index (χ4v) is 2.99. The van der Waals surface area contributed by atoms with Crippen LogP contribution in [-0.4, -0.2) is 15.0 Å². The Labute approximate surface area is 154 Å². The first kappa shape index (κ1) is 17.7. The lowest BCUT2D eigenvalue weighted by Gasteiger charge is -2.11. The van der Waals surface area contributed by atoms with Crippen LogP contribution in [0.15, 0.2) is 73.7 Å². The van der Waals surface area contributed by atoms with Crippen molar-refractivity contribution in [2.45, 2.75) is 26.2 Å². The van der Waals surface area contributed by atoms with Crippen LogP contribution >= 0.6 is 0 Å². The van der Waals surface area contributed by atoms with E-state index in [9.17, 15) is 0 Å². The minimum atomic E-state index is 0.265. The van der Waals surface area contributed by atoms with Crippen LogP contribution in [0.3, 0.4) is 0 Å². The van der Waals surface area contributed by atoms with Gasteiger partial charge in [0.05, 0.1) is 5.69 Å². The molecule has 1 atom stereocenters. The average Bonchev–Trinajstić information content (AvgIpc) is 3.08. The maximum Gasteiger partial charge on any atom is 0.125 e. The monoisotopic (exact) mass is 344 g/mol. The van der Waals surface area contributed by atoms with Crippen molar-refractivity contribution >= 4 is 16.5 Å². The average molecular weight is 344 g/mol. The number of nitrogens with one attached hydrogen (secondary N) is 2. The molecular weight excluding hydrogens is 320 g/mol. The van der Waals surface area contributed by atoms with Gasteiger partial charge in [-0.25, -0.2) is 9.97 Å². The molecule has 1 unspecified atom stereocenters. The minimum absolute atomic E-state index is 0.265. The van der Waals surface area contributed by atoms with Crippen molar-refractivity contribution in [3.63, 3.8) is 0 Å². The highest BCUT2D eigenvalue weighted by atomic mass is 14.9. The van der Waals surface area contributed by atoms with Crippen molar-refractivity contribution in [1.82, 2.24) is 20.3 Å². The van der Waals surface area contributed by atoms with E-state index in [1.165, 1.54) is 11.1 Å². The summed E-state index contributed by atoms with van der Waals surface area (Å²) in [5, 5.41) is 4.24. The first-order valence-electron chi connectivity index (χ1n) is 8.84. The molecule has 0 aliphatic carbocycles. The number of aryl methyl sites for hydroxylation is 1. The predicted octanol–water partition coefficient (Wildman–Crippen LogP) is 5.09. The summed E-state index contributed by atoms with van der Waals surface area (Å²) in [5.41, 5.74) is 4.34. The molecule has 26 heavy (non-hydrogen) atoms. The lowest BCUT2D eigenvalue weighted by molar-refractivity contribution is 0.785. The van der Waals surface area contributed by atoms with E-state index in [1.807, 2.05) is 25.3 Å². The minimum Gasteiger partial charge on any atom is -0.368 e. The topological polar surface area (TPSA) is 53.6 Å². The van der Waals surface area contributed by atoms with Crippen LogP contribution in [0.1, 0.15) is 36.5 Å². The van der Waals surface area contributed by atoms with Crippen LogP contribution in [-0.2, 0) is 0 Å². The zero-order chi connectivity index (χ0) is 18.4. The summed E-state index contributed by atoms with van der Waals surface area (Å²) in [5.74, 6) is 1.03. The van der Waals surface area contributed by atoms with Gasteiger partial charge in [0.15, 0.2) is 0 Å². The molecule has 3 aromatic rings. The van der Waals surface area contributed by atoms with Crippen LogP contribution in [0, 0.1) is 6.92 Å². The molecule has 0 saturated carbocycles. The fraction of sp³-hybridized carbons (Fsp3) is 0.182. The second-order valence-electron chi connectivity index (χ2n) is 6.14. The number of aromatic amines is 1. The summed E-state index contributed by atoms with van der Waals surface area (Å²) in [6, 6.07) is 12.5. The first-order valence-corrected chi connectivity index (χ1v) is 8.84. The van der Waals surface area contributed by atoms with E-state index >= 15 is 0 Å². The van der Waals surface area contributed by atoms with E-state index in [0.29, 0.717) is 0 Å². The third-order valence-electron chi connectivity index (χ3n) is 4.32.